The molecule has 0 amide bonds. The number of thiophene rings is 1. The van der Waals surface area contributed by atoms with Crippen LogP contribution in [0.5, 0.6) is 0 Å². The third-order valence-electron chi connectivity index (χ3n) is 5.66. The first-order chi connectivity index (χ1) is 14.4. The molecule has 0 N–H and O–H groups in total. The van der Waals surface area contributed by atoms with E-state index in [2.05, 4.69) is 109 Å². The molecule has 0 saturated heterocycles. The molecule has 0 aliphatic carbocycles. The second-order valence-corrected chi connectivity index (χ2v) is 8.50. The van der Waals surface area contributed by atoms with Gasteiger partial charge in [0.2, 0.25) is 0 Å². The molecular formula is C28H18S. The Balaban J connectivity index is 1.51. The zero-order valence-electron chi connectivity index (χ0n) is 15.8. The first kappa shape index (κ1) is 16.5. The molecule has 5 aromatic carbocycles. The third-order valence-corrected chi connectivity index (χ3v) is 6.81. The molecule has 0 fully saturated rings. The van der Waals surface area contributed by atoms with E-state index in [9.17, 15) is 0 Å². The van der Waals surface area contributed by atoms with Crippen molar-refractivity contribution in [3.63, 3.8) is 0 Å². The molecule has 0 nitrogen and oxygen atoms in total. The van der Waals surface area contributed by atoms with Crippen molar-refractivity contribution in [1.29, 1.82) is 0 Å². The summed E-state index contributed by atoms with van der Waals surface area (Å²) in [6.07, 6.45) is 4.49. The maximum Gasteiger partial charge on any atom is 0.0355 e. The van der Waals surface area contributed by atoms with E-state index < -0.39 is 0 Å². The third kappa shape index (κ3) is 2.74. The monoisotopic (exact) mass is 386 g/mol. The van der Waals surface area contributed by atoms with E-state index in [0.29, 0.717) is 0 Å². The summed E-state index contributed by atoms with van der Waals surface area (Å²) >= 11 is 1.86. The molecule has 0 bridgehead atoms. The van der Waals surface area contributed by atoms with Crippen LogP contribution >= 0.6 is 11.3 Å². The fraction of sp³-hybridized carbons (Fsp3) is 0. The van der Waals surface area contributed by atoms with E-state index in [-0.39, 0.29) is 0 Å². The Labute approximate surface area is 173 Å². The SMILES string of the molecule is C(=C\c1cc2ccccc2c2ccccc12)/c1ccc2sc3ccccc3c2c1. The Morgan fingerprint density at radius 1 is 0.483 bits per heavy atom. The second-order valence-electron chi connectivity index (χ2n) is 7.42. The summed E-state index contributed by atoms with van der Waals surface area (Å²) in [4.78, 5) is 0. The predicted octanol–water partition coefficient (Wildman–Crippen LogP) is 8.53. The Morgan fingerprint density at radius 3 is 2.07 bits per heavy atom. The van der Waals surface area contributed by atoms with Crippen LogP contribution in [0.15, 0.2) is 97.1 Å². The molecule has 29 heavy (non-hydrogen) atoms. The summed E-state index contributed by atoms with van der Waals surface area (Å²) in [6.45, 7) is 0. The van der Waals surface area contributed by atoms with Crippen molar-refractivity contribution >= 4 is 65.2 Å². The van der Waals surface area contributed by atoms with Gasteiger partial charge in [-0.1, -0.05) is 84.9 Å². The van der Waals surface area contributed by atoms with Gasteiger partial charge in [0.1, 0.15) is 0 Å². The van der Waals surface area contributed by atoms with Crippen LogP contribution in [-0.4, -0.2) is 0 Å². The van der Waals surface area contributed by atoms with Crippen molar-refractivity contribution in [2.75, 3.05) is 0 Å². The van der Waals surface area contributed by atoms with Gasteiger partial charge in [0.15, 0.2) is 0 Å². The molecular weight excluding hydrogens is 368 g/mol. The van der Waals surface area contributed by atoms with Gasteiger partial charge in [0.05, 0.1) is 0 Å². The Morgan fingerprint density at radius 2 is 1.17 bits per heavy atom. The Hall–Kier alpha value is -3.42. The topological polar surface area (TPSA) is 0 Å². The maximum atomic E-state index is 2.31. The molecule has 0 saturated carbocycles. The lowest BCUT2D eigenvalue weighted by molar-refractivity contribution is 1.73. The van der Waals surface area contributed by atoms with Crippen LogP contribution in [0.25, 0.3) is 53.9 Å². The van der Waals surface area contributed by atoms with Gasteiger partial charge >= 0.3 is 0 Å². The molecule has 0 atom stereocenters. The van der Waals surface area contributed by atoms with E-state index in [0.717, 1.165) is 0 Å². The van der Waals surface area contributed by atoms with E-state index in [1.807, 2.05) is 11.3 Å². The second kappa shape index (κ2) is 6.58. The molecule has 136 valence electrons. The van der Waals surface area contributed by atoms with Gasteiger partial charge in [0.25, 0.3) is 0 Å². The first-order valence-electron chi connectivity index (χ1n) is 9.87. The van der Waals surface area contributed by atoms with Crippen LogP contribution in [0.2, 0.25) is 0 Å². The quantitative estimate of drug-likeness (QED) is 0.207. The highest BCUT2D eigenvalue weighted by Crippen LogP contribution is 2.35. The standard InChI is InChI=1S/C28H18S/c1-2-8-22-20(7-1)18-21(23-9-3-4-10-24(22)23)15-13-19-14-16-28-26(17-19)25-11-5-6-12-27(25)29-28/h1-18H/b15-13+. The van der Waals surface area contributed by atoms with Crippen LogP contribution in [0.4, 0.5) is 0 Å². The minimum atomic E-state index is 1.23. The van der Waals surface area contributed by atoms with Gasteiger partial charge in [-0.15, -0.1) is 11.3 Å². The van der Waals surface area contributed by atoms with Crippen molar-refractivity contribution in [2.24, 2.45) is 0 Å². The molecule has 0 spiro atoms. The highest BCUT2D eigenvalue weighted by Gasteiger charge is 2.06. The fourth-order valence-corrected chi connectivity index (χ4v) is 5.34. The van der Waals surface area contributed by atoms with Crippen molar-refractivity contribution in [1.82, 2.24) is 0 Å². The molecule has 0 aliphatic rings. The van der Waals surface area contributed by atoms with Gasteiger partial charge in [-0.25, -0.2) is 0 Å². The van der Waals surface area contributed by atoms with Crippen LogP contribution < -0.4 is 0 Å². The summed E-state index contributed by atoms with van der Waals surface area (Å²) in [5, 5.41) is 7.89. The van der Waals surface area contributed by atoms with Crippen LogP contribution in [0.1, 0.15) is 11.1 Å². The van der Waals surface area contributed by atoms with Gasteiger partial charge in [0, 0.05) is 20.2 Å². The minimum Gasteiger partial charge on any atom is -0.135 e. The number of fused-ring (bicyclic) bond motifs is 6. The summed E-state index contributed by atoms with van der Waals surface area (Å²) in [7, 11) is 0. The average Bonchev–Trinajstić information content (AvgIpc) is 3.15. The number of benzene rings is 5. The Kier molecular flexibility index (Phi) is 3.75. The molecule has 1 aromatic heterocycles. The van der Waals surface area contributed by atoms with Crippen molar-refractivity contribution in [3.05, 3.63) is 108 Å². The summed E-state index contributed by atoms with van der Waals surface area (Å²) < 4.78 is 2.70. The van der Waals surface area contributed by atoms with E-state index in [4.69, 9.17) is 0 Å². The van der Waals surface area contributed by atoms with Crippen molar-refractivity contribution in [3.8, 4) is 0 Å². The summed E-state index contributed by atoms with van der Waals surface area (Å²) in [5.41, 5.74) is 2.49. The maximum absolute atomic E-state index is 2.31. The summed E-state index contributed by atoms with van der Waals surface area (Å²) in [6, 6.07) is 35.1. The zero-order valence-corrected chi connectivity index (χ0v) is 16.6. The zero-order chi connectivity index (χ0) is 19.2. The van der Waals surface area contributed by atoms with Crippen LogP contribution in [-0.2, 0) is 0 Å². The van der Waals surface area contributed by atoms with Crippen molar-refractivity contribution in [2.45, 2.75) is 0 Å². The minimum absolute atomic E-state index is 1.23. The van der Waals surface area contributed by atoms with Gasteiger partial charge in [-0.05, 0) is 56.9 Å². The largest absolute Gasteiger partial charge is 0.135 e. The van der Waals surface area contributed by atoms with Gasteiger partial charge < -0.3 is 0 Å². The highest BCUT2D eigenvalue weighted by atomic mass is 32.1. The van der Waals surface area contributed by atoms with E-state index in [1.165, 1.54) is 52.8 Å². The molecule has 1 heteroatoms. The lowest BCUT2D eigenvalue weighted by Crippen LogP contribution is -1.82. The van der Waals surface area contributed by atoms with E-state index in [1.54, 1.807) is 0 Å². The highest BCUT2D eigenvalue weighted by molar-refractivity contribution is 7.25. The smallest absolute Gasteiger partial charge is 0.0355 e. The van der Waals surface area contributed by atoms with E-state index >= 15 is 0 Å². The van der Waals surface area contributed by atoms with Crippen LogP contribution in [0.3, 0.4) is 0 Å². The molecule has 6 aromatic rings. The molecule has 6 rings (SSSR count). The lowest BCUT2D eigenvalue weighted by Gasteiger charge is -2.08. The lowest BCUT2D eigenvalue weighted by atomic mass is 9.96. The van der Waals surface area contributed by atoms with Crippen molar-refractivity contribution < 1.29 is 0 Å². The molecule has 1 heterocycles. The summed E-state index contributed by atoms with van der Waals surface area (Å²) in [5.74, 6) is 0. The van der Waals surface area contributed by atoms with Gasteiger partial charge in [-0.3, -0.25) is 0 Å². The fourth-order valence-electron chi connectivity index (χ4n) is 4.25. The number of hydrogen-bond donors (Lipinski definition) is 0. The van der Waals surface area contributed by atoms with Gasteiger partial charge in [-0.2, -0.15) is 0 Å². The van der Waals surface area contributed by atoms with Crippen LogP contribution in [0, 0.1) is 0 Å². The number of rotatable bonds is 2. The molecule has 0 aliphatic heterocycles. The average molecular weight is 387 g/mol. The molecule has 0 radical (unpaired) electrons. The number of hydrogen-bond acceptors (Lipinski definition) is 1. The predicted molar refractivity (Wildman–Crippen MR) is 130 cm³/mol. The Bertz CT molecular complexity index is 1550. The molecule has 0 unspecified atom stereocenters. The normalized spacial score (nSPS) is 12.0. The first-order valence-corrected chi connectivity index (χ1v) is 10.7.